The topological polar surface area (TPSA) is 63.6 Å². The lowest BCUT2D eigenvalue weighted by molar-refractivity contribution is -0.143. The molecule has 1 N–H and O–H groups in total. The van der Waals surface area contributed by atoms with Crippen LogP contribution in [0.2, 0.25) is 0 Å². The van der Waals surface area contributed by atoms with Gasteiger partial charge < -0.3 is 9.29 Å². The van der Waals surface area contributed by atoms with E-state index in [1.165, 1.54) is 6.92 Å². The minimum absolute atomic E-state index is 0.317. The summed E-state index contributed by atoms with van der Waals surface area (Å²) < 4.78 is 23.8. The third-order valence-corrected chi connectivity index (χ3v) is 2.37. The van der Waals surface area contributed by atoms with E-state index in [4.69, 9.17) is 9.29 Å². The highest BCUT2D eigenvalue weighted by Gasteiger charge is 2.19. The van der Waals surface area contributed by atoms with Crippen molar-refractivity contribution >= 4 is 17.0 Å². The maximum atomic E-state index is 11.0. The summed E-state index contributed by atoms with van der Waals surface area (Å²) >= 11 is -2.13. The van der Waals surface area contributed by atoms with Crippen molar-refractivity contribution in [3.8, 4) is 0 Å². The van der Waals surface area contributed by atoms with Crippen LogP contribution in [0, 0.1) is 5.92 Å². The second-order valence-electron chi connectivity index (χ2n) is 3.27. The highest BCUT2D eigenvalue weighted by atomic mass is 32.2. The Hall–Kier alpha value is -0.420. The zero-order valence-corrected chi connectivity index (χ0v) is 8.97. The summed E-state index contributed by atoms with van der Waals surface area (Å²) in [5.41, 5.74) is 0. The predicted molar refractivity (Wildman–Crippen MR) is 50.6 cm³/mol. The van der Waals surface area contributed by atoms with Gasteiger partial charge in [0.15, 0.2) is 16.3 Å². The largest absolute Gasteiger partial charge is 0.465 e. The monoisotopic (exact) mass is 208 g/mol. The quantitative estimate of drug-likeness (QED) is 0.544. The van der Waals surface area contributed by atoms with Gasteiger partial charge in [0.1, 0.15) is 0 Å². The Labute approximate surface area is 80.9 Å². The molecule has 0 heterocycles. The summed E-state index contributed by atoms with van der Waals surface area (Å²) in [6, 6.07) is 0. The lowest BCUT2D eigenvalue weighted by atomic mass is 10.1. The highest BCUT2D eigenvalue weighted by Crippen LogP contribution is 2.01. The average Bonchev–Trinajstić information content (AvgIpc) is 2.02. The first-order valence-electron chi connectivity index (χ1n) is 4.21. The fourth-order valence-corrected chi connectivity index (χ4v) is 0.828. The van der Waals surface area contributed by atoms with Gasteiger partial charge in [0.25, 0.3) is 0 Å². The van der Waals surface area contributed by atoms with Crippen LogP contribution in [0.15, 0.2) is 0 Å². The highest BCUT2D eigenvalue weighted by molar-refractivity contribution is 7.80. The molecule has 13 heavy (non-hydrogen) atoms. The Morgan fingerprint density at radius 2 is 2.00 bits per heavy atom. The van der Waals surface area contributed by atoms with Crippen LogP contribution in [0.3, 0.4) is 0 Å². The molecule has 78 valence electrons. The number of hydrogen-bond acceptors (Lipinski definition) is 3. The Bertz CT molecular complexity index is 191. The number of esters is 1. The number of carbonyl (C=O) groups excluding carboxylic acids is 1. The number of rotatable bonds is 5. The molecule has 4 nitrogen and oxygen atoms in total. The fourth-order valence-electron chi connectivity index (χ4n) is 0.595. The van der Waals surface area contributed by atoms with Crippen molar-refractivity contribution in [1.82, 2.24) is 0 Å². The Balaban J connectivity index is 3.69. The molecule has 0 rings (SSSR count). The molecule has 0 fully saturated rings. The summed E-state index contributed by atoms with van der Waals surface area (Å²) in [6.45, 7) is 5.72. The van der Waals surface area contributed by atoms with E-state index in [1.54, 1.807) is 0 Å². The lowest BCUT2D eigenvalue weighted by Crippen LogP contribution is -2.25. The molecule has 0 bridgehead atoms. The van der Waals surface area contributed by atoms with Crippen molar-refractivity contribution in [2.75, 3.05) is 6.61 Å². The molecule has 2 unspecified atom stereocenters. The minimum atomic E-state index is -2.13. The first kappa shape index (κ1) is 12.6. The second-order valence-corrected chi connectivity index (χ2v) is 4.53. The zero-order valence-electron chi connectivity index (χ0n) is 8.15. The van der Waals surface area contributed by atoms with Gasteiger partial charge in [-0.3, -0.25) is 4.79 Å². The molecular weight excluding hydrogens is 192 g/mol. The van der Waals surface area contributed by atoms with Gasteiger partial charge in [0, 0.05) is 0 Å². The van der Waals surface area contributed by atoms with Crippen LogP contribution in [0.5, 0.6) is 0 Å². The summed E-state index contributed by atoms with van der Waals surface area (Å²) in [4.78, 5) is 11.0. The first-order valence-corrected chi connectivity index (χ1v) is 5.38. The third-order valence-electron chi connectivity index (χ3n) is 1.57. The molecule has 0 saturated carbocycles. The molecule has 0 aliphatic rings. The number of ether oxygens (including phenoxy) is 1. The van der Waals surface area contributed by atoms with Gasteiger partial charge in [-0.05, 0) is 19.3 Å². The second kappa shape index (κ2) is 6.10. The maximum Gasteiger partial charge on any atom is 0.323 e. The van der Waals surface area contributed by atoms with Crippen molar-refractivity contribution in [1.29, 1.82) is 0 Å². The van der Waals surface area contributed by atoms with Crippen LogP contribution in [-0.2, 0) is 20.6 Å². The zero-order chi connectivity index (χ0) is 10.4. The Morgan fingerprint density at radius 1 is 1.46 bits per heavy atom. The van der Waals surface area contributed by atoms with E-state index < -0.39 is 22.3 Å². The van der Waals surface area contributed by atoms with Crippen LogP contribution in [-0.4, -0.2) is 26.6 Å². The fraction of sp³-hybridized carbons (Fsp3) is 0.875. The summed E-state index contributed by atoms with van der Waals surface area (Å²) in [7, 11) is 0. The molecule has 0 saturated heterocycles. The van der Waals surface area contributed by atoms with E-state index in [1.807, 2.05) is 13.8 Å². The van der Waals surface area contributed by atoms with E-state index in [0.29, 0.717) is 12.5 Å². The molecule has 2 atom stereocenters. The Morgan fingerprint density at radius 3 is 2.38 bits per heavy atom. The number of carbonyl (C=O) groups is 1. The summed E-state index contributed by atoms with van der Waals surface area (Å²) in [5.74, 6) is -0.149. The van der Waals surface area contributed by atoms with Crippen molar-refractivity contribution in [3.05, 3.63) is 0 Å². The normalized spacial score (nSPS) is 15.5. The molecule has 0 amide bonds. The summed E-state index contributed by atoms with van der Waals surface area (Å²) in [6.07, 6.45) is 0.774. The third kappa shape index (κ3) is 5.76. The van der Waals surface area contributed by atoms with E-state index >= 15 is 0 Å². The standard InChI is InChI=1S/C8H16O4S/c1-6(2)4-5-12-8(9)7(3)13(10)11/h6-7H,4-5H2,1-3H3,(H,10,11). The van der Waals surface area contributed by atoms with Crippen molar-refractivity contribution < 1.29 is 18.3 Å². The van der Waals surface area contributed by atoms with Gasteiger partial charge in [-0.2, -0.15) is 0 Å². The van der Waals surface area contributed by atoms with Crippen molar-refractivity contribution in [3.63, 3.8) is 0 Å². The molecule has 0 spiro atoms. The molecule has 0 radical (unpaired) electrons. The van der Waals surface area contributed by atoms with E-state index in [9.17, 15) is 9.00 Å². The molecular formula is C8H16O4S. The van der Waals surface area contributed by atoms with Gasteiger partial charge in [0.2, 0.25) is 0 Å². The Kier molecular flexibility index (Phi) is 5.90. The van der Waals surface area contributed by atoms with Crippen LogP contribution in [0.1, 0.15) is 27.2 Å². The first-order chi connectivity index (χ1) is 5.95. The van der Waals surface area contributed by atoms with Crippen molar-refractivity contribution in [2.45, 2.75) is 32.4 Å². The molecule has 5 heteroatoms. The summed E-state index contributed by atoms with van der Waals surface area (Å²) in [5, 5.41) is -0.952. The van der Waals surface area contributed by atoms with Gasteiger partial charge in [0.05, 0.1) is 6.61 Å². The van der Waals surface area contributed by atoms with Gasteiger partial charge in [-0.25, -0.2) is 4.21 Å². The number of hydrogen-bond donors (Lipinski definition) is 1. The van der Waals surface area contributed by atoms with Crippen LogP contribution in [0.25, 0.3) is 0 Å². The molecule has 0 aromatic heterocycles. The van der Waals surface area contributed by atoms with E-state index in [2.05, 4.69) is 0 Å². The predicted octanol–water partition coefficient (Wildman–Crippen LogP) is 1.19. The van der Waals surface area contributed by atoms with E-state index in [0.717, 1.165) is 6.42 Å². The molecule has 0 aliphatic carbocycles. The average molecular weight is 208 g/mol. The van der Waals surface area contributed by atoms with Gasteiger partial charge in [-0.15, -0.1) is 0 Å². The van der Waals surface area contributed by atoms with Gasteiger partial charge >= 0.3 is 5.97 Å². The van der Waals surface area contributed by atoms with Crippen molar-refractivity contribution in [2.24, 2.45) is 5.92 Å². The minimum Gasteiger partial charge on any atom is -0.465 e. The molecule has 0 aromatic rings. The van der Waals surface area contributed by atoms with Crippen LogP contribution < -0.4 is 0 Å². The smallest absolute Gasteiger partial charge is 0.323 e. The maximum absolute atomic E-state index is 11.0. The lowest BCUT2D eigenvalue weighted by Gasteiger charge is -2.09. The van der Waals surface area contributed by atoms with Gasteiger partial charge in [-0.1, -0.05) is 13.8 Å². The van der Waals surface area contributed by atoms with E-state index in [-0.39, 0.29) is 0 Å². The molecule has 0 aromatic carbocycles. The van der Waals surface area contributed by atoms with Crippen LogP contribution >= 0.6 is 0 Å². The SMILES string of the molecule is CC(C)CCOC(=O)C(C)S(=O)O. The molecule has 0 aliphatic heterocycles. The van der Waals surface area contributed by atoms with Crippen LogP contribution in [0.4, 0.5) is 0 Å².